The van der Waals surface area contributed by atoms with E-state index in [1.165, 1.54) is 12.0 Å². The van der Waals surface area contributed by atoms with Crippen LogP contribution in [-0.4, -0.2) is 18.5 Å². The molecule has 2 nitrogen and oxygen atoms in total. The summed E-state index contributed by atoms with van der Waals surface area (Å²) in [6, 6.07) is 7.94. The van der Waals surface area contributed by atoms with E-state index in [2.05, 4.69) is 6.92 Å². The molecule has 92 valence electrons. The largest absolute Gasteiger partial charge is 0.378 e. The van der Waals surface area contributed by atoms with Gasteiger partial charge in [-0.1, -0.05) is 31.2 Å². The number of hydrogen-bond donors (Lipinski definition) is 0. The van der Waals surface area contributed by atoms with Crippen LogP contribution in [0.3, 0.4) is 0 Å². The Morgan fingerprint density at radius 2 is 1.94 bits per heavy atom. The monoisotopic (exact) mass is 232 g/mol. The van der Waals surface area contributed by atoms with E-state index in [0.29, 0.717) is 6.42 Å². The van der Waals surface area contributed by atoms with Crippen molar-refractivity contribution in [3.05, 3.63) is 35.4 Å². The van der Waals surface area contributed by atoms with Crippen LogP contribution >= 0.6 is 0 Å². The van der Waals surface area contributed by atoms with Crippen LogP contribution in [0.2, 0.25) is 0 Å². The Morgan fingerprint density at radius 3 is 2.35 bits per heavy atom. The number of rotatable bonds is 5. The predicted octanol–water partition coefficient (Wildman–Crippen LogP) is 3.39. The lowest BCUT2D eigenvalue weighted by Crippen LogP contribution is -2.41. The topological polar surface area (TPSA) is 26.3 Å². The number of carbonyl (C=O) groups is 1. The molecule has 1 aliphatic rings. The van der Waals surface area contributed by atoms with Crippen molar-refractivity contribution in [2.75, 3.05) is 7.11 Å². The van der Waals surface area contributed by atoms with Crippen LogP contribution in [0.25, 0.3) is 0 Å². The minimum atomic E-state index is -0.166. The molecule has 17 heavy (non-hydrogen) atoms. The van der Waals surface area contributed by atoms with Gasteiger partial charge in [0.2, 0.25) is 0 Å². The summed E-state index contributed by atoms with van der Waals surface area (Å²) in [6.07, 6.45) is 4.74. The van der Waals surface area contributed by atoms with Crippen LogP contribution in [-0.2, 0) is 11.2 Å². The van der Waals surface area contributed by atoms with Crippen molar-refractivity contribution in [3.63, 3.8) is 0 Å². The van der Waals surface area contributed by atoms with E-state index in [1.54, 1.807) is 7.11 Å². The number of Topliss-reactive ketones (excluding diaryl/α,β-unsaturated/α-hetero) is 1. The average Bonchev–Trinajstić information content (AvgIpc) is 2.33. The lowest BCUT2D eigenvalue weighted by atomic mass is 9.76. The van der Waals surface area contributed by atoms with Crippen LogP contribution in [0, 0.1) is 0 Å². The summed E-state index contributed by atoms with van der Waals surface area (Å²) in [5, 5.41) is 0. The van der Waals surface area contributed by atoms with Gasteiger partial charge in [-0.3, -0.25) is 4.79 Å². The fourth-order valence-corrected chi connectivity index (χ4v) is 2.35. The van der Waals surface area contributed by atoms with Crippen LogP contribution in [0.4, 0.5) is 0 Å². The molecule has 1 fully saturated rings. The maximum Gasteiger partial charge on any atom is 0.165 e. The highest BCUT2D eigenvalue weighted by Gasteiger charge is 2.38. The molecule has 0 bridgehead atoms. The van der Waals surface area contributed by atoms with E-state index in [9.17, 15) is 4.79 Å². The summed E-state index contributed by atoms with van der Waals surface area (Å²) < 4.78 is 5.49. The standard InChI is InChI=1S/C15H20O2/c1-3-12-5-7-13(8-6-12)14(16)11-15(17-2)9-4-10-15/h5-8H,3-4,9-11H2,1-2H3. The third kappa shape index (κ3) is 2.58. The molecule has 0 N–H and O–H groups in total. The first-order valence-electron chi connectivity index (χ1n) is 6.36. The predicted molar refractivity (Wildman–Crippen MR) is 68.4 cm³/mol. The van der Waals surface area contributed by atoms with Gasteiger partial charge in [0.1, 0.15) is 0 Å². The van der Waals surface area contributed by atoms with Crippen molar-refractivity contribution in [2.24, 2.45) is 0 Å². The molecular weight excluding hydrogens is 212 g/mol. The molecule has 0 radical (unpaired) electrons. The molecule has 2 rings (SSSR count). The van der Waals surface area contributed by atoms with Gasteiger partial charge >= 0.3 is 0 Å². The maximum absolute atomic E-state index is 12.1. The van der Waals surface area contributed by atoms with Crippen LogP contribution in [0.1, 0.15) is 48.5 Å². The second-order valence-electron chi connectivity index (χ2n) is 4.89. The molecule has 0 unspecified atom stereocenters. The molecule has 1 aromatic rings. The first-order valence-corrected chi connectivity index (χ1v) is 6.36. The zero-order valence-electron chi connectivity index (χ0n) is 10.7. The number of ether oxygens (including phenoxy) is 1. The Balaban J connectivity index is 2.03. The van der Waals surface area contributed by atoms with Gasteiger partial charge in [0, 0.05) is 19.1 Å². The zero-order chi connectivity index (χ0) is 12.3. The third-order valence-corrected chi connectivity index (χ3v) is 3.86. The summed E-state index contributed by atoms with van der Waals surface area (Å²) in [6.45, 7) is 2.12. The Bertz CT molecular complexity index is 382. The van der Waals surface area contributed by atoms with E-state index in [-0.39, 0.29) is 11.4 Å². The molecule has 0 heterocycles. The van der Waals surface area contributed by atoms with Gasteiger partial charge in [-0.05, 0) is 31.2 Å². The Kier molecular flexibility index (Phi) is 3.63. The molecule has 0 aliphatic heterocycles. The average molecular weight is 232 g/mol. The van der Waals surface area contributed by atoms with Gasteiger partial charge in [0.15, 0.2) is 5.78 Å². The third-order valence-electron chi connectivity index (χ3n) is 3.86. The Labute approximate surface area is 103 Å². The molecule has 0 aromatic heterocycles. The van der Waals surface area contributed by atoms with E-state index in [1.807, 2.05) is 24.3 Å². The first kappa shape index (κ1) is 12.3. The van der Waals surface area contributed by atoms with Crippen LogP contribution in [0.15, 0.2) is 24.3 Å². The highest BCUT2D eigenvalue weighted by molar-refractivity contribution is 5.96. The number of hydrogen-bond acceptors (Lipinski definition) is 2. The van der Waals surface area contributed by atoms with Gasteiger partial charge < -0.3 is 4.74 Å². The van der Waals surface area contributed by atoms with E-state index >= 15 is 0 Å². The lowest BCUT2D eigenvalue weighted by molar-refractivity contribution is -0.0704. The van der Waals surface area contributed by atoms with Crippen molar-refractivity contribution in [1.82, 2.24) is 0 Å². The molecule has 2 heteroatoms. The quantitative estimate of drug-likeness (QED) is 0.727. The number of carbonyl (C=O) groups excluding carboxylic acids is 1. The van der Waals surface area contributed by atoms with Gasteiger partial charge in [-0.15, -0.1) is 0 Å². The number of aryl methyl sites for hydroxylation is 1. The van der Waals surface area contributed by atoms with Gasteiger partial charge in [0.05, 0.1) is 5.60 Å². The Hall–Kier alpha value is -1.15. The number of benzene rings is 1. The SMILES string of the molecule is CCc1ccc(C(=O)CC2(OC)CCC2)cc1. The highest BCUT2D eigenvalue weighted by atomic mass is 16.5. The van der Waals surface area contributed by atoms with E-state index < -0.39 is 0 Å². The molecule has 1 aliphatic carbocycles. The summed E-state index contributed by atoms with van der Waals surface area (Å²) in [5.41, 5.74) is 1.91. The molecule has 0 atom stereocenters. The smallest absolute Gasteiger partial charge is 0.165 e. The summed E-state index contributed by atoms with van der Waals surface area (Å²) >= 11 is 0. The summed E-state index contributed by atoms with van der Waals surface area (Å²) in [4.78, 5) is 12.1. The molecule has 1 aromatic carbocycles. The molecule has 0 saturated heterocycles. The van der Waals surface area contributed by atoms with Crippen molar-refractivity contribution in [3.8, 4) is 0 Å². The van der Waals surface area contributed by atoms with Crippen LogP contribution in [0.5, 0.6) is 0 Å². The first-order chi connectivity index (χ1) is 8.19. The summed E-state index contributed by atoms with van der Waals surface area (Å²) in [7, 11) is 1.71. The second-order valence-corrected chi connectivity index (χ2v) is 4.89. The fraction of sp³-hybridized carbons (Fsp3) is 0.533. The number of ketones is 1. The van der Waals surface area contributed by atoms with E-state index in [0.717, 1.165) is 24.8 Å². The minimum absolute atomic E-state index is 0.166. The minimum Gasteiger partial charge on any atom is -0.378 e. The van der Waals surface area contributed by atoms with Gasteiger partial charge in [-0.2, -0.15) is 0 Å². The van der Waals surface area contributed by atoms with Crippen molar-refractivity contribution >= 4 is 5.78 Å². The second kappa shape index (κ2) is 5.01. The molecule has 1 saturated carbocycles. The normalized spacial score (nSPS) is 17.5. The zero-order valence-corrected chi connectivity index (χ0v) is 10.7. The van der Waals surface area contributed by atoms with Crippen molar-refractivity contribution in [1.29, 1.82) is 0 Å². The van der Waals surface area contributed by atoms with Gasteiger partial charge in [-0.25, -0.2) is 0 Å². The van der Waals surface area contributed by atoms with Gasteiger partial charge in [0.25, 0.3) is 0 Å². The molecule has 0 amide bonds. The van der Waals surface area contributed by atoms with Crippen molar-refractivity contribution in [2.45, 2.75) is 44.6 Å². The maximum atomic E-state index is 12.1. The fourth-order valence-electron chi connectivity index (χ4n) is 2.35. The summed E-state index contributed by atoms with van der Waals surface area (Å²) in [5.74, 6) is 0.203. The van der Waals surface area contributed by atoms with Crippen molar-refractivity contribution < 1.29 is 9.53 Å². The molecule has 0 spiro atoms. The van der Waals surface area contributed by atoms with E-state index in [4.69, 9.17) is 4.74 Å². The molecular formula is C15H20O2. The lowest BCUT2D eigenvalue weighted by Gasteiger charge is -2.40. The number of methoxy groups -OCH3 is 1. The highest BCUT2D eigenvalue weighted by Crippen LogP contribution is 2.38. The Morgan fingerprint density at radius 1 is 1.29 bits per heavy atom. The van der Waals surface area contributed by atoms with Crippen LogP contribution < -0.4 is 0 Å².